The summed E-state index contributed by atoms with van der Waals surface area (Å²) in [7, 11) is 0. The molecule has 1 heterocycles. The Bertz CT molecular complexity index is 430. The molecular formula is C15H21NO3. The average Bonchev–Trinajstić information content (AvgIpc) is 2.79. The second-order valence-corrected chi connectivity index (χ2v) is 5.35. The number of hydrogen-bond donors (Lipinski definition) is 2. The van der Waals surface area contributed by atoms with Crippen molar-refractivity contribution in [3.05, 3.63) is 29.8 Å². The van der Waals surface area contributed by atoms with E-state index in [1.165, 1.54) is 5.56 Å². The Hall–Kier alpha value is -1.55. The molecule has 1 aromatic rings. The molecule has 19 heavy (non-hydrogen) atoms. The molecule has 104 valence electrons. The first-order chi connectivity index (χ1) is 9.06. The van der Waals surface area contributed by atoms with E-state index in [9.17, 15) is 9.90 Å². The van der Waals surface area contributed by atoms with E-state index < -0.39 is 5.97 Å². The van der Waals surface area contributed by atoms with E-state index in [2.05, 4.69) is 11.8 Å². The highest BCUT2D eigenvalue weighted by Gasteiger charge is 2.29. The SMILES string of the molecule is CC(Cc1ccc(O)cc1)N1CCCC1CC(=O)O. The van der Waals surface area contributed by atoms with Crippen molar-refractivity contribution in [1.82, 2.24) is 4.90 Å². The van der Waals surface area contributed by atoms with Gasteiger partial charge in [0, 0.05) is 12.1 Å². The van der Waals surface area contributed by atoms with Crippen molar-refractivity contribution in [2.24, 2.45) is 0 Å². The smallest absolute Gasteiger partial charge is 0.304 e. The van der Waals surface area contributed by atoms with Crippen LogP contribution in [0.2, 0.25) is 0 Å². The summed E-state index contributed by atoms with van der Waals surface area (Å²) >= 11 is 0. The summed E-state index contributed by atoms with van der Waals surface area (Å²) in [6.07, 6.45) is 3.18. The van der Waals surface area contributed by atoms with Gasteiger partial charge in [0.05, 0.1) is 6.42 Å². The summed E-state index contributed by atoms with van der Waals surface area (Å²) in [5.74, 6) is -0.435. The maximum absolute atomic E-state index is 10.9. The number of carbonyl (C=O) groups is 1. The second kappa shape index (κ2) is 6.06. The van der Waals surface area contributed by atoms with Gasteiger partial charge in [-0.15, -0.1) is 0 Å². The zero-order valence-electron chi connectivity index (χ0n) is 11.2. The number of likely N-dealkylation sites (tertiary alicyclic amines) is 1. The number of rotatable bonds is 5. The number of aromatic hydroxyl groups is 1. The Labute approximate surface area is 113 Å². The van der Waals surface area contributed by atoms with Crippen LogP contribution in [0.15, 0.2) is 24.3 Å². The van der Waals surface area contributed by atoms with Gasteiger partial charge in [-0.2, -0.15) is 0 Å². The molecule has 0 bridgehead atoms. The second-order valence-electron chi connectivity index (χ2n) is 5.35. The number of phenolic OH excluding ortho intramolecular Hbond substituents is 1. The van der Waals surface area contributed by atoms with Crippen molar-refractivity contribution in [3.63, 3.8) is 0 Å². The summed E-state index contributed by atoms with van der Waals surface area (Å²) < 4.78 is 0. The van der Waals surface area contributed by atoms with Gasteiger partial charge in [-0.1, -0.05) is 12.1 Å². The molecule has 2 N–H and O–H groups in total. The lowest BCUT2D eigenvalue weighted by molar-refractivity contribution is -0.138. The highest BCUT2D eigenvalue weighted by Crippen LogP contribution is 2.24. The minimum absolute atomic E-state index is 0.171. The van der Waals surface area contributed by atoms with Crippen molar-refractivity contribution in [2.45, 2.75) is 44.7 Å². The van der Waals surface area contributed by atoms with Crippen LogP contribution in [-0.4, -0.2) is 39.7 Å². The lowest BCUT2D eigenvalue weighted by atomic mass is 10.0. The van der Waals surface area contributed by atoms with Crippen LogP contribution in [0, 0.1) is 0 Å². The summed E-state index contributed by atoms with van der Waals surface area (Å²) in [6.45, 7) is 3.13. The van der Waals surface area contributed by atoms with E-state index in [0.29, 0.717) is 6.04 Å². The van der Waals surface area contributed by atoms with Gasteiger partial charge < -0.3 is 10.2 Å². The Morgan fingerprint density at radius 3 is 2.74 bits per heavy atom. The predicted molar refractivity (Wildman–Crippen MR) is 73.3 cm³/mol. The molecule has 1 aliphatic rings. The highest BCUT2D eigenvalue weighted by molar-refractivity contribution is 5.67. The molecule has 4 nitrogen and oxygen atoms in total. The Morgan fingerprint density at radius 2 is 2.11 bits per heavy atom. The summed E-state index contributed by atoms with van der Waals surface area (Å²) in [5, 5.41) is 18.2. The van der Waals surface area contributed by atoms with E-state index in [-0.39, 0.29) is 18.2 Å². The minimum Gasteiger partial charge on any atom is -0.508 e. The normalized spacial score (nSPS) is 21.4. The topological polar surface area (TPSA) is 60.8 Å². The first-order valence-corrected chi connectivity index (χ1v) is 6.81. The van der Waals surface area contributed by atoms with Gasteiger partial charge in [0.1, 0.15) is 5.75 Å². The number of aliphatic carboxylic acids is 1. The molecule has 1 saturated heterocycles. The van der Waals surface area contributed by atoms with E-state index in [1.54, 1.807) is 12.1 Å². The molecular weight excluding hydrogens is 242 g/mol. The fraction of sp³-hybridized carbons (Fsp3) is 0.533. The van der Waals surface area contributed by atoms with Crippen LogP contribution in [0.4, 0.5) is 0 Å². The van der Waals surface area contributed by atoms with Crippen LogP contribution in [0.3, 0.4) is 0 Å². The quantitative estimate of drug-likeness (QED) is 0.855. The Balaban J connectivity index is 1.96. The van der Waals surface area contributed by atoms with Crippen molar-refractivity contribution in [1.29, 1.82) is 0 Å². The van der Waals surface area contributed by atoms with Gasteiger partial charge in [-0.05, 0) is 50.4 Å². The van der Waals surface area contributed by atoms with E-state index in [0.717, 1.165) is 25.8 Å². The van der Waals surface area contributed by atoms with Gasteiger partial charge in [0.2, 0.25) is 0 Å². The van der Waals surface area contributed by atoms with Crippen molar-refractivity contribution in [2.75, 3.05) is 6.54 Å². The van der Waals surface area contributed by atoms with E-state index in [1.807, 2.05) is 12.1 Å². The summed E-state index contributed by atoms with van der Waals surface area (Å²) in [5.41, 5.74) is 1.17. The third kappa shape index (κ3) is 3.70. The lowest BCUT2D eigenvalue weighted by Gasteiger charge is -2.30. The number of nitrogens with zero attached hydrogens (tertiary/aromatic N) is 1. The van der Waals surface area contributed by atoms with E-state index in [4.69, 9.17) is 5.11 Å². The molecule has 0 spiro atoms. The molecule has 4 heteroatoms. The maximum atomic E-state index is 10.9. The number of phenols is 1. The summed E-state index contributed by atoms with van der Waals surface area (Å²) in [6, 6.07) is 7.74. The third-order valence-corrected chi connectivity index (χ3v) is 3.87. The zero-order chi connectivity index (χ0) is 13.8. The molecule has 2 rings (SSSR count). The molecule has 1 fully saturated rings. The van der Waals surface area contributed by atoms with Gasteiger partial charge >= 0.3 is 5.97 Å². The van der Waals surface area contributed by atoms with Crippen LogP contribution in [-0.2, 0) is 11.2 Å². The van der Waals surface area contributed by atoms with Crippen LogP contribution >= 0.6 is 0 Å². The van der Waals surface area contributed by atoms with Crippen molar-refractivity contribution < 1.29 is 15.0 Å². The molecule has 2 unspecified atom stereocenters. The summed E-state index contributed by atoms with van der Waals surface area (Å²) in [4.78, 5) is 13.2. The lowest BCUT2D eigenvalue weighted by Crippen LogP contribution is -2.39. The third-order valence-electron chi connectivity index (χ3n) is 3.87. The zero-order valence-corrected chi connectivity index (χ0v) is 11.2. The number of hydrogen-bond acceptors (Lipinski definition) is 3. The monoisotopic (exact) mass is 263 g/mol. The number of carboxylic acid groups (broad SMARTS) is 1. The molecule has 1 aromatic carbocycles. The molecule has 0 aliphatic carbocycles. The molecule has 0 saturated carbocycles. The maximum Gasteiger partial charge on any atom is 0.304 e. The van der Waals surface area contributed by atoms with Crippen LogP contribution in [0.5, 0.6) is 5.75 Å². The molecule has 0 radical (unpaired) electrons. The fourth-order valence-corrected chi connectivity index (χ4v) is 2.95. The average molecular weight is 263 g/mol. The van der Waals surface area contributed by atoms with Gasteiger partial charge in [0.25, 0.3) is 0 Å². The van der Waals surface area contributed by atoms with Gasteiger partial charge in [-0.25, -0.2) is 0 Å². The van der Waals surface area contributed by atoms with Gasteiger partial charge in [-0.3, -0.25) is 9.69 Å². The fourth-order valence-electron chi connectivity index (χ4n) is 2.95. The van der Waals surface area contributed by atoms with Gasteiger partial charge in [0.15, 0.2) is 0 Å². The largest absolute Gasteiger partial charge is 0.508 e. The highest BCUT2D eigenvalue weighted by atomic mass is 16.4. The molecule has 0 amide bonds. The molecule has 1 aliphatic heterocycles. The van der Waals surface area contributed by atoms with E-state index >= 15 is 0 Å². The number of carboxylic acids is 1. The first kappa shape index (κ1) is 13.9. The minimum atomic E-state index is -0.714. The first-order valence-electron chi connectivity index (χ1n) is 6.81. The van der Waals surface area contributed by atoms with Crippen LogP contribution < -0.4 is 0 Å². The van der Waals surface area contributed by atoms with Crippen LogP contribution in [0.1, 0.15) is 31.7 Å². The number of benzene rings is 1. The standard InChI is InChI=1S/C15H21NO3/c1-11(9-12-4-6-14(17)7-5-12)16-8-2-3-13(16)10-15(18)19/h4-7,11,13,17H,2-3,8-10H2,1H3,(H,18,19). The van der Waals surface area contributed by atoms with Crippen molar-refractivity contribution >= 4 is 5.97 Å². The molecule has 2 atom stereocenters. The Kier molecular flexibility index (Phi) is 4.43. The Morgan fingerprint density at radius 1 is 1.42 bits per heavy atom. The van der Waals surface area contributed by atoms with Crippen molar-refractivity contribution in [3.8, 4) is 5.75 Å². The molecule has 0 aromatic heterocycles. The van der Waals surface area contributed by atoms with Crippen LogP contribution in [0.25, 0.3) is 0 Å². The predicted octanol–water partition coefficient (Wildman–Crippen LogP) is 2.26.